The van der Waals surface area contributed by atoms with Crippen molar-refractivity contribution in [2.24, 2.45) is 16.8 Å². The molecule has 2 heterocycles. The van der Waals surface area contributed by atoms with E-state index in [1.54, 1.807) is 0 Å². The number of carbonyl (C=O) groups excluding carboxylic acids is 1. The summed E-state index contributed by atoms with van der Waals surface area (Å²) >= 11 is 0. The molecular formula is C22H42IN5O. The molecule has 2 aliphatic heterocycles. The Morgan fingerprint density at radius 2 is 1.79 bits per heavy atom. The zero-order chi connectivity index (χ0) is 19.8. The summed E-state index contributed by atoms with van der Waals surface area (Å²) in [5.74, 6) is 2.48. The molecule has 1 unspecified atom stereocenters. The maximum atomic E-state index is 12.6. The van der Waals surface area contributed by atoms with E-state index < -0.39 is 0 Å². The average molecular weight is 520 g/mol. The SMILES string of the molecule is CCNC(=NCCCN1CCC(C)CC1)NC1CCN(C(=O)C2CCCC2)C1.I. The summed E-state index contributed by atoms with van der Waals surface area (Å²) in [6.45, 7) is 11.6. The molecule has 1 amide bonds. The first kappa shape index (κ1) is 24.7. The smallest absolute Gasteiger partial charge is 0.225 e. The summed E-state index contributed by atoms with van der Waals surface area (Å²) in [6, 6.07) is 0.326. The fourth-order valence-corrected chi connectivity index (χ4v) is 4.79. The van der Waals surface area contributed by atoms with E-state index in [-0.39, 0.29) is 24.0 Å². The average Bonchev–Trinajstić information content (AvgIpc) is 3.38. The van der Waals surface area contributed by atoms with Gasteiger partial charge in [0.1, 0.15) is 0 Å². The molecule has 0 aromatic carbocycles. The maximum absolute atomic E-state index is 12.6. The zero-order valence-electron chi connectivity index (χ0n) is 18.5. The van der Waals surface area contributed by atoms with Gasteiger partial charge in [0.25, 0.3) is 0 Å². The van der Waals surface area contributed by atoms with Gasteiger partial charge in [0.15, 0.2) is 5.96 Å². The highest BCUT2D eigenvalue weighted by molar-refractivity contribution is 14.0. The van der Waals surface area contributed by atoms with E-state index in [2.05, 4.69) is 34.3 Å². The van der Waals surface area contributed by atoms with E-state index >= 15 is 0 Å². The molecule has 7 heteroatoms. The number of rotatable bonds is 7. The Balaban J connectivity index is 0.00000300. The number of nitrogens with one attached hydrogen (secondary N) is 2. The Kier molecular flexibility index (Phi) is 11.0. The summed E-state index contributed by atoms with van der Waals surface area (Å²) in [4.78, 5) is 22.1. The molecule has 2 N–H and O–H groups in total. The Morgan fingerprint density at radius 3 is 2.48 bits per heavy atom. The number of guanidine groups is 1. The molecule has 0 aromatic rings. The van der Waals surface area contributed by atoms with Crippen LogP contribution < -0.4 is 10.6 Å². The van der Waals surface area contributed by atoms with E-state index in [1.807, 2.05) is 0 Å². The Morgan fingerprint density at radius 1 is 1.07 bits per heavy atom. The van der Waals surface area contributed by atoms with Crippen molar-refractivity contribution in [3.05, 3.63) is 0 Å². The second kappa shape index (κ2) is 13.0. The third-order valence-electron chi connectivity index (χ3n) is 6.67. The van der Waals surface area contributed by atoms with E-state index in [4.69, 9.17) is 4.99 Å². The number of amides is 1. The summed E-state index contributed by atoms with van der Waals surface area (Å²) in [7, 11) is 0. The highest BCUT2D eigenvalue weighted by Gasteiger charge is 2.32. The predicted molar refractivity (Wildman–Crippen MR) is 131 cm³/mol. The van der Waals surface area contributed by atoms with Crippen LogP contribution in [0.2, 0.25) is 0 Å². The molecule has 0 aromatic heterocycles. The second-order valence-corrected chi connectivity index (χ2v) is 9.03. The van der Waals surface area contributed by atoms with Gasteiger partial charge < -0.3 is 20.4 Å². The summed E-state index contributed by atoms with van der Waals surface area (Å²) in [6.07, 6.45) is 9.44. The van der Waals surface area contributed by atoms with Gasteiger partial charge in [-0.15, -0.1) is 24.0 Å². The van der Waals surface area contributed by atoms with Crippen molar-refractivity contribution in [2.75, 3.05) is 45.8 Å². The lowest BCUT2D eigenvalue weighted by atomic mass is 9.99. The van der Waals surface area contributed by atoms with Crippen molar-refractivity contribution >= 4 is 35.8 Å². The van der Waals surface area contributed by atoms with Crippen LogP contribution in [0.1, 0.15) is 65.2 Å². The van der Waals surface area contributed by atoms with Gasteiger partial charge in [-0.1, -0.05) is 19.8 Å². The Labute approximate surface area is 194 Å². The lowest BCUT2D eigenvalue weighted by molar-refractivity contribution is -0.134. The lowest BCUT2D eigenvalue weighted by Gasteiger charge is -2.29. The van der Waals surface area contributed by atoms with Crippen LogP contribution in [0.15, 0.2) is 4.99 Å². The molecule has 0 bridgehead atoms. The van der Waals surface area contributed by atoms with Gasteiger partial charge in [-0.25, -0.2) is 0 Å². The van der Waals surface area contributed by atoms with Gasteiger partial charge in [-0.05, 0) is 71.0 Å². The predicted octanol–water partition coefficient (Wildman–Crippen LogP) is 3.07. The first-order chi connectivity index (χ1) is 13.7. The number of hydrogen-bond acceptors (Lipinski definition) is 3. The number of likely N-dealkylation sites (tertiary alicyclic amines) is 2. The number of piperidine rings is 1. The van der Waals surface area contributed by atoms with Crippen LogP contribution in [-0.4, -0.2) is 73.5 Å². The van der Waals surface area contributed by atoms with E-state index in [9.17, 15) is 4.79 Å². The highest BCUT2D eigenvalue weighted by Crippen LogP contribution is 2.27. The zero-order valence-corrected chi connectivity index (χ0v) is 20.8. The molecule has 0 radical (unpaired) electrons. The van der Waals surface area contributed by atoms with Crippen LogP contribution in [0.4, 0.5) is 0 Å². The number of halogens is 1. The fraction of sp³-hybridized carbons (Fsp3) is 0.909. The summed E-state index contributed by atoms with van der Waals surface area (Å²) < 4.78 is 0. The summed E-state index contributed by atoms with van der Waals surface area (Å²) in [5, 5.41) is 6.94. The molecule has 3 aliphatic rings. The fourth-order valence-electron chi connectivity index (χ4n) is 4.79. The van der Waals surface area contributed by atoms with Crippen LogP contribution in [0, 0.1) is 11.8 Å². The minimum atomic E-state index is 0. The largest absolute Gasteiger partial charge is 0.357 e. The third-order valence-corrected chi connectivity index (χ3v) is 6.67. The quantitative estimate of drug-likeness (QED) is 0.235. The van der Waals surface area contributed by atoms with E-state index in [1.165, 1.54) is 38.8 Å². The number of nitrogens with zero attached hydrogens (tertiary/aromatic N) is 3. The molecule has 3 rings (SSSR count). The molecule has 1 aliphatic carbocycles. The normalized spacial score (nSPS) is 24.6. The van der Waals surface area contributed by atoms with Crippen molar-refractivity contribution in [3.8, 4) is 0 Å². The second-order valence-electron chi connectivity index (χ2n) is 9.03. The minimum absolute atomic E-state index is 0. The van der Waals surface area contributed by atoms with Crippen molar-refractivity contribution in [2.45, 2.75) is 71.3 Å². The first-order valence-electron chi connectivity index (χ1n) is 11.7. The van der Waals surface area contributed by atoms with Crippen molar-refractivity contribution in [3.63, 3.8) is 0 Å². The minimum Gasteiger partial charge on any atom is -0.357 e. The van der Waals surface area contributed by atoms with E-state index in [0.717, 1.165) is 70.3 Å². The molecule has 6 nitrogen and oxygen atoms in total. The monoisotopic (exact) mass is 519 g/mol. The number of hydrogen-bond donors (Lipinski definition) is 2. The molecule has 2 saturated heterocycles. The van der Waals surface area contributed by atoms with Gasteiger partial charge in [-0.2, -0.15) is 0 Å². The van der Waals surface area contributed by atoms with Gasteiger partial charge in [-0.3, -0.25) is 9.79 Å². The molecule has 29 heavy (non-hydrogen) atoms. The summed E-state index contributed by atoms with van der Waals surface area (Å²) in [5.41, 5.74) is 0. The van der Waals surface area contributed by atoms with Crippen LogP contribution in [0.5, 0.6) is 0 Å². The lowest BCUT2D eigenvalue weighted by Crippen LogP contribution is -2.45. The van der Waals surface area contributed by atoms with Gasteiger partial charge in [0.05, 0.1) is 0 Å². The molecule has 1 saturated carbocycles. The van der Waals surface area contributed by atoms with Crippen LogP contribution >= 0.6 is 24.0 Å². The maximum Gasteiger partial charge on any atom is 0.225 e. The number of aliphatic imine (C=N–C) groups is 1. The molecule has 168 valence electrons. The molecule has 0 spiro atoms. The number of carbonyl (C=O) groups is 1. The van der Waals surface area contributed by atoms with E-state index in [0.29, 0.717) is 17.9 Å². The Bertz CT molecular complexity index is 515. The standard InChI is InChI=1S/C22H41N5O.HI/c1-3-23-22(24-12-6-13-26-14-9-18(2)10-15-26)25-20-11-16-27(17-20)21(28)19-7-4-5-8-19;/h18-20H,3-17H2,1-2H3,(H2,23,24,25);1H. The van der Waals surface area contributed by atoms with Crippen molar-refractivity contribution < 1.29 is 4.79 Å². The van der Waals surface area contributed by atoms with Crippen molar-refractivity contribution in [1.82, 2.24) is 20.4 Å². The molecular weight excluding hydrogens is 477 g/mol. The van der Waals surface area contributed by atoms with Crippen LogP contribution in [0.3, 0.4) is 0 Å². The third kappa shape index (κ3) is 7.89. The topological polar surface area (TPSA) is 60.0 Å². The molecule has 1 atom stereocenters. The van der Waals surface area contributed by atoms with Crippen LogP contribution in [-0.2, 0) is 4.79 Å². The highest BCUT2D eigenvalue weighted by atomic mass is 127. The van der Waals surface area contributed by atoms with Crippen molar-refractivity contribution in [1.29, 1.82) is 0 Å². The molecule has 3 fully saturated rings. The van der Waals surface area contributed by atoms with Gasteiger partial charge in [0.2, 0.25) is 5.91 Å². The Hall–Kier alpha value is -0.570. The van der Waals surface area contributed by atoms with Crippen LogP contribution in [0.25, 0.3) is 0 Å². The van der Waals surface area contributed by atoms with Gasteiger partial charge in [0, 0.05) is 38.1 Å². The van der Waals surface area contributed by atoms with Gasteiger partial charge >= 0.3 is 0 Å². The first-order valence-corrected chi connectivity index (χ1v) is 11.7.